The van der Waals surface area contributed by atoms with Crippen LogP contribution in [0.15, 0.2) is 22.8 Å². The summed E-state index contributed by atoms with van der Waals surface area (Å²) in [5, 5.41) is 16.7. The second-order valence-corrected chi connectivity index (χ2v) is 2.03. The van der Waals surface area contributed by atoms with Crippen LogP contribution in [0.25, 0.3) is 0 Å². The third kappa shape index (κ3) is 1.33. The maximum Gasteiger partial charge on any atom is 0.229 e. The largest absolute Gasteiger partial charge is 0.461 e. The standard InChI is InChI=1S/C8H4N2O2/c9-4-6(5-10)8(11)7-2-1-3-12-7/h1-3,6H. The van der Waals surface area contributed by atoms with Crippen LogP contribution in [0.3, 0.4) is 0 Å². The number of carbonyl (C=O) groups is 1. The lowest BCUT2D eigenvalue weighted by Crippen LogP contribution is -2.09. The van der Waals surface area contributed by atoms with E-state index in [1.165, 1.54) is 18.4 Å². The van der Waals surface area contributed by atoms with E-state index < -0.39 is 11.7 Å². The molecule has 0 unspecified atom stereocenters. The lowest BCUT2D eigenvalue weighted by molar-refractivity contribution is 0.0943. The summed E-state index contributed by atoms with van der Waals surface area (Å²) in [4.78, 5) is 11.1. The van der Waals surface area contributed by atoms with Crippen molar-refractivity contribution < 1.29 is 9.21 Å². The van der Waals surface area contributed by atoms with E-state index >= 15 is 0 Å². The molecule has 0 atom stereocenters. The van der Waals surface area contributed by atoms with Gasteiger partial charge in [0.25, 0.3) is 0 Å². The Morgan fingerprint density at radius 1 is 1.50 bits per heavy atom. The number of carbonyl (C=O) groups excluding carboxylic acids is 1. The van der Waals surface area contributed by atoms with Crippen molar-refractivity contribution in [3.05, 3.63) is 24.2 Å². The third-order valence-electron chi connectivity index (χ3n) is 1.28. The van der Waals surface area contributed by atoms with Crippen LogP contribution >= 0.6 is 0 Å². The van der Waals surface area contributed by atoms with Crippen molar-refractivity contribution in [3.8, 4) is 12.1 Å². The molecular formula is C8H4N2O2. The number of hydrogen-bond donors (Lipinski definition) is 0. The van der Waals surface area contributed by atoms with Crippen molar-refractivity contribution in [1.29, 1.82) is 10.5 Å². The molecule has 0 spiro atoms. The lowest BCUT2D eigenvalue weighted by atomic mass is 10.1. The Kier molecular flexibility index (Phi) is 2.25. The van der Waals surface area contributed by atoms with Gasteiger partial charge in [-0.05, 0) is 12.1 Å². The van der Waals surface area contributed by atoms with E-state index in [1.54, 1.807) is 12.1 Å². The van der Waals surface area contributed by atoms with Gasteiger partial charge in [-0.15, -0.1) is 0 Å². The van der Waals surface area contributed by atoms with E-state index in [2.05, 4.69) is 0 Å². The van der Waals surface area contributed by atoms with Crippen LogP contribution in [-0.4, -0.2) is 5.78 Å². The number of Topliss-reactive ketones (excluding diaryl/α,β-unsaturated/α-hetero) is 1. The van der Waals surface area contributed by atoms with E-state index in [0.717, 1.165) is 0 Å². The Balaban J connectivity index is 2.88. The van der Waals surface area contributed by atoms with Crippen molar-refractivity contribution in [3.63, 3.8) is 0 Å². The van der Waals surface area contributed by atoms with Gasteiger partial charge in [0.05, 0.1) is 18.4 Å². The summed E-state index contributed by atoms with van der Waals surface area (Å²) in [6, 6.07) is 6.09. The Bertz CT molecular complexity index is 339. The zero-order valence-electron chi connectivity index (χ0n) is 6.02. The van der Waals surface area contributed by atoms with Gasteiger partial charge >= 0.3 is 0 Å². The van der Waals surface area contributed by atoms with Crippen molar-refractivity contribution in [2.24, 2.45) is 5.92 Å². The average Bonchev–Trinajstić information content (AvgIpc) is 2.58. The van der Waals surface area contributed by atoms with Gasteiger partial charge in [-0.2, -0.15) is 10.5 Å². The first-order chi connectivity index (χ1) is 5.79. The summed E-state index contributed by atoms with van der Waals surface area (Å²) in [6.45, 7) is 0. The molecule has 1 aromatic heterocycles. The number of nitriles is 2. The number of nitrogens with zero attached hydrogens (tertiary/aromatic N) is 2. The van der Waals surface area contributed by atoms with Crippen molar-refractivity contribution >= 4 is 5.78 Å². The van der Waals surface area contributed by atoms with Gasteiger partial charge in [0.2, 0.25) is 5.78 Å². The molecule has 4 heteroatoms. The van der Waals surface area contributed by atoms with Gasteiger partial charge in [-0.1, -0.05) is 0 Å². The normalized spacial score (nSPS) is 8.92. The van der Waals surface area contributed by atoms with Crippen LogP contribution in [0.1, 0.15) is 10.6 Å². The minimum absolute atomic E-state index is 0.0445. The minimum Gasteiger partial charge on any atom is -0.461 e. The molecule has 0 fully saturated rings. The quantitative estimate of drug-likeness (QED) is 0.607. The molecular weight excluding hydrogens is 156 g/mol. The Hall–Kier alpha value is -2.07. The van der Waals surface area contributed by atoms with Gasteiger partial charge < -0.3 is 4.42 Å². The molecule has 1 aromatic rings. The first kappa shape index (κ1) is 8.03. The summed E-state index contributed by atoms with van der Waals surface area (Å²) >= 11 is 0. The van der Waals surface area contributed by atoms with Gasteiger partial charge in [-0.3, -0.25) is 4.79 Å². The zero-order chi connectivity index (χ0) is 8.97. The zero-order valence-corrected chi connectivity index (χ0v) is 6.02. The van der Waals surface area contributed by atoms with Crippen LogP contribution in [0.4, 0.5) is 0 Å². The van der Waals surface area contributed by atoms with E-state index in [9.17, 15) is 4.79 Å². The van der Waals surface area contributed by atoms with Crippen LogP contribution in [0.2, 0.25) is 0 Å². The predicted molar refractivity (Wildman–Crippen MR) is 37.8 cm³/mol. The van der Waals surface area contributed by atoms with Crippen molar-refractivity contribution in [2.75, 3.05) is 0 Å². The molecule has 0 aliphatic rings. The van der Waals surface area contributed by atoms with Crippen LogP contribution in [0.5, 0.6) is 0 Å². The predicted octanol–water partition coefficient (Wildman–Crippen LogP) is 1.13. The minimum atomic E-state index is -1.27. The molecule has 4 nitrogen and oxygen atoms in total. The molecule has 0 N–H and O–H groups in total. The average molecular weight is 160 g/mol. The van der Waals surface area contributed by atoms with Gasteiger partial charge in [0, 0.05) is 0 Å². The summed E-state index contributed by atoms with van der Waals surface area (Å²) in [7, 11) is 0. The van der Waals surface area contributed by atoms with Gasteiger partial charge in [0.15, 0.2) is 11.7 Å². The number of hydrogen-bond acceptors (Lipinski definition) is 4. The van der Waals surface area contributed by atoms with Crippen LogP contribution < -0.4 is 0 Å². The summed E-state index contributed by atoms with van der Waals surface area (Å²) in [5.41, 5.74) is 0. The highest BCUT2D eigenvalue weighted by Gasteiger charge is 2.20. The molecule has 58 valence electrons. The molecule has 1 rings (SSSR count). The maximum atomic E-state index is 11.1. The second kappa shape index (κ2) is 3.36. The first-order valence-corrected chi connectivity index (χ1v) is 3.16. The fraction of sp³-hybridized carbons (Fsp3) is 0.125. The molecule has 0 radical (unpaired) electrons. The molecule has 0 aliphatic heterocycles. The fourth-order valence-electron chi connectivity index (χ4n) is 0.707. The highest BCUT2D eigenvalue weighted by atomic mass is 16.3. The first-order valence-electron chi connectivity index (χ1n) is 3.16. The van der Waals surface area contributed by atoms with E-state index in [-0.39, 0.29) is 5.76 Å². The number of furan rings is 1. The number of rotatable bonds is 2. The van der Waals surface area contributed by atoms with E-state index in [4.69, 9.17) is 14.9 Å². The SMILES string of the molecule is N#CC(C#N)C(=O)c1ccco1. The summed E-state index contributed by atoms with van der Waals surface area (Å²) in [5.74, 6) is -1.82. The molecule has 0 saturated heterocycles. The molecule has 0 saturated carbocycles. The van der Waals surface area contributed by atoms with Crippen molar-refractivity contribution in [1.82, 2.24) is 0 Å². The molecule has 1 heterocycles. The molecule has 0 aromatic carbocycles. The second-order valence-electron chi connectivity index (χ2n) is 2.03. The lowest BCUT2D eigenvalue weighted by Gasteiger charge is -1.92. The smallest absolute Gasteiger partial charge is 0.229 e. The highest BCUT2D eigenvalue weighted by molar-refractivity contribution is 5.98. The fourth-order valence-corrected chi connectivity index (χ4v) is 0.707. The monoisotopic (exact) mass is 160 g/mol. The van der Waals surface area contributed by atoms with Crippen LogP contribution in [-0.2, 0) is 0 Å². The molecule has 0 aliphatic carbocycles. The molecule has 0 bridgehead atoms. The third-order valence-corrected chi connectivity index (χ3v) is 1.28. The summed E-state index contributed by atoms with van der Waals surface area (Å²) in [6.07, 6.45) is 1.32. The van der Waals surface area contributed by atoms with E-state index in [1.807, 2.05) is 0 Å². The number of ketones is 1. The topological polar surface area (TPSA) is 77.8 Å². The van der Waals surface area contributed by atoms with Crippen LogP contribution in [0, 0.1) is 28.6 Å². The van der Waals surface area contributed by atoms with Crippen molar-refractivity contribution in [2.45, 2.75) is 0 Å². The molecule has 12 heavy (non-hydrogen) atoms. The Morgan fingerprint density at radius 2 is 2.17 bits per heavy atom. The Morgan fingerprint density at radius 3 is 2.58 bits per heavy atom. The maximum absolute atomic E-state index is 11.1. The summed E-state index contributed by atoms with van der Waals surface area (Å²) < 4.78 is 4.73. The van der Waals surface area contributed by atoms with Gasteiger partial charge in [-0.25, -0.2) is 0 Å². The molecule has 0 amide bonds. The van der Waals surface area contributed by atoms with E-state index in [0.29, 0.717) is 0 Å². The van der Waals surface area contributed by atoms with Gasteiger partial charge in [0.1, 0.15) is 0 Å². The highest BCUT2D eigenvalue weighted by Crippen LogP contribution is 2.07. The Labute approximate surface area is 68.6 Å².